The van der Waals surface area contributed by atoms with E-state index in [-0.39, 0.29) is 17.8 Å². The third-order valence-electron chi connectivity index (χ3n) is 5.84. The molecule has 1 saturated carbocycles. The second-order valence-electron chi connectivity index (χ2n) is 7.99. The SMILES string of the molecule is CCC(C)(C)[C@@H]1CCC2=NN(C(=O)C(C)C)[C@](O)(C(F)(F)F)[C@@H]2C1. The summed E-state index contributed by atoms with van der Waals surface area (Å²) in [6, 6.07) is 0. The molecule has 1 fully saturated rings. The van der Waals surface area contributed by atoms with Crippen LogP contribution in [0.3, 0.4) is 0 Å². The van der Waals surface area contributed by atoms with Crippen LogP contribution in [-0.4, -0.2) is 33.6 Å². The molecule has 0 spiro atoms. The molecule has 1 N–H and O–H groups in total. The molecule has 1 amide bonds. The van der Waals surface area contributed by atoms with Crippen LogP contribution >= 0.6 is 0 Å². The highest BCUT2D eigenvalue weighted by Gasteiger charge is 2.69. The summed E-state index contributed by atoms with van der Waals surface area (Å²) in [5.41, 5.74) is -3.05. The van der Waals surface area contributed by atoms with Crippen molar-refractivity contribution in [3.05, 3.63) is 0 Å². The van der Waals surface area contributed by atoms with Gasteiger partial charge in [0.2, 0.25) is 5.91 Å². The largest absolute Gasteiger partial charge is 0.439 e. The number of hydrogen-bond acceptors (Lipinski definition) is 3. The molecule has 0 aromatic heterocycles. The second kappa shape index (κ2) is 6.00. The molecule has 0 aromatic rings. The first-order chi connectivity index (χ1) is 10.9. The number of hydrazone groups is 1. The predicted octanol–water partition coefficient (Wildman–Crippen LogP) is 3.94. The molecular formula is C17H27F3N2O2. The summed E-state index contributed by atoms with van der Waals surface area (Å²) >= 11 is 0. The zero-order valence-electron chi connectivity index (χ0n) is 14.9. The van der Waals surface area contributed by atoms with Crippen molar-refractivity contribution >= 4 is 11.6 Å². The van der Waals surface area contributed by atoms with Gasteiger partial charge in [-0.2, -0.15) is 23.3 Å². The lowest BCUT2D eigenvalue weighted by atomic mass is 9.64. The second-order valence-corrected chi connectivity index (χ2v) is 7.99. The Labute approximate surface area is 141 Å². The Morgan fingerprint density at radius 3 is 2.46 bits per heavy atom. The van der Waals surface area contributed by atoms with Crippen LogP contribution in [0.25, 0.3) is 0 Å². The van der Waals surface area contributed by atoms with Gasteiger partial charge >= 0.3 is 6.18 Å². The average Bonchev–Trinajstić information content (AvgIpc) is 2.80. The number of alkyl halides is 3. The Balaban J connectivity index is 2.42. The zero-order valence-corrected chi connectivity index (χ0v) is 14.9. The van der Waals surface area contributed by atoms with E-state index in [1.165, 1.54) is 13.8 Å². The third kappa shape index (κ3) is 2.85. The van der Waals surface area contributed by atoms with Crippen molar-refractivity contribution in [1.29, 1.82) is 0 Å². The molecule has 0 bridgehead atoms. The molecule has 4 nitrogen and oxygen atoms in total. The van der Waals surface area contributed by atoms with Crippen molar-refractivity contribution in [3.63, 3.8) is 0 Å². The number of carbonyl (C=O) groups excluding carboxylic acids is 1. The Morgan fingerprint density at radius 2 is 2.00 bits per heavy atom. The number of nitrogens with zero attached hydrogens (tertiary/aromatic N) is 2. The van der Waals surface area contributed by atoms with Crippen molar-refractivity contribution in [2.45, 2.75) is 72.2 Å². The highest BCUT2D eigenvalue weighted by Crippen LogP contribution is 2.52. The van der Waals surface area contributed by atoms with Crippen LogP contribution in [0.1, 0.15) is 60.3 Å². The number of fused-ring (bicyclic) bond motifs is 1. The minimum Gasteiger partial charge on any atom is -0.362 e. The summed E-state index contributed by atoms with van der Waals surface area (Å²) in [7, 11) is 0. The van der Waals surface area contributed by atoms with Gasteiger partial charge in [0, 0.05) is 11.6 Å². The quantitative estimate of drug-likeness (QED) is 0.840. The fraction of sp³-hybridized carbons (Fsp3) is 0.882. The van der Waals surface area contributed by atoms with Gasteiger partial charge in [0.05, 0.1) is 5.92 Å². The average molecular weight is 348 g/mol. The molecule has 3 atom stereocenters. The summed E-state index contributed by atoms with van der Waals surface area (Å²) in [5, 5.41) is 14.9. The first kappa shape index (κ1) is 19.2. The van der Waals surface area contributed by atoms with E-state index in [0.717, 1.165) is 12.8 Å². The lowest BCUT2D eigenvalue weighted by Gasteiger charge is -2.43. The van der Waals surface area contributed by atoms with E-state index in [4.69, 9.17) is 0 Å². The van der Waals surface area contributed by atoms with Gasteiger partial charge in [0.1, 0.15) is 0 Å². The van der Waals surface area contributed by atoms with Crippen molar-refractivity contribution < 1.29 is 23.1 Å². The molecule has 138 valence electrons. The zero-order chi connectivity index (χ0) is 18.5. The number of rotatable bonds is 3. The van der Waals surface area contributed by atoms with Crippen LogP contribution in [0.5, 0.6) is 0 Å². The summed E-state index contributed by atoms with van der Waals surface area (Å²) in [6.45, 7) is 9.11. The number of carbonyl (C=O) groups is 1. The van der Waals surface area contributed by atoms with Crippen LogP contribution in [-0.2, 0) is 4.79 Å². The molecule has 2 aliphatic rings. The van der Waals surface area contributed by atoms with E-state index < -0.39 is 29.6 Å². The van der Waals surface area contributed by atoms with Crippen LogP contribution in [0.4, 0.5) is 13.2 Å². The van der Waals surface area contributed by atoms with E-state index in [0.29, 0.717) is 17.1 Å². The van der Waals surface area contributed by atoms with Crippen LogP contribution in [0.2, 0.25) is 0 Å². The van der Waals surface area contributed by atoms with Crippen LogP contribution < -0.4 is 0 Å². The lowest BCUT2D eigenvalue weighted by molar-refractivity contribution is -0.319. The van der Waals surface area contributed by atoms with Gasteiger partial charge in [-0.15, -0.1) is 0 Å². The molecule has 1 heterocycles. The molecule has 0 unspecified atom stereocenters. The number of halogens is 3. The fourth-order valence-corrected chi connectivity index (χ4v) is 3.68. The Hall–Kier alpha value is -1.11. The van der Waals surface area contributed by atoms with Crippen molar-refractivity contribution in [1.82, 2.24) is 5.01 Å². The van der Waals surface area contributed by atoms with Gasteiger partial charge < -0.3 is 5.11 Å². The molecular weight excluding hydrogens is 321 g/mol. The molecule has 0 radical (unpaired) electrons. The Morgan fingerprint density at radius 1 is 1.42 bits per heavy atom. The highest BCUT2D eigenvalue weighted by molar-refractivity contribution is 5.93. The number of hydrogen-bond donors (Lipinski definition) is 1. The van der Waals surface area contributed by atoms with Crippen molar-refractivity contribution in [2.24, 2.45) is 28.3 Å². The normalized spacial score (nSPS) is 31.2. The van der Waals surface area contributed by atoms with Crippen LogP contribution in [0, 0.1) is 23.2 Å². The van der Waals surface area contributed by atoms with E-state index in [2.05, 4.69) is 5.10 Å². The predicted molar refractivity (Wildman–Crippen MR) is 85.0 cm³/mol. The maximum atomic E-state index is 13.8. The summed E-state index contributed by atoms with van der Waals surface area (Å²) in [4.78, 5) is 12.2. The monoisotopic (exact) mass is 348 g/mol. The van der Waals surface area contributed by atoms with Gasteiger partial charge in [0.15, 0.2) is 0 Å². The summed E-state index contributed by atoms with van der Waals surface area (Å²) < 4.78 is 41.3. The number of amides is 1. The lowest BCUT2D eigenvalue weighted by Crippen LogP contribution is -2.62. The maximum Gasteiger partial charge on any atom is 0.439 e. The topological polar surface area (TPSA) is 52.9 Å². The van der Waals surface area contributed by atoms with Gasteiger partial charge in [-0.05, 0) is 30.6 Å². The fourth-order valence-electron chi connectivity index (χ4n) is 3.68. The molecule has 0 saturated heterocycles. The minimum absolute atomic E-state index is 0.0504. The van der Waals surface area contributed by atoms with Gasteiger partial charge in [-0.1, -0.05) is 41.0 Å². The smallest absolute Gasteiger partial charge is 0.362 e. The Bertz CT molecular complexity index is 542. The van der Waals surface area contributed by atoms with E-state index >= 15 is 0 Å². The van der Waals surface area contributed by atoms with Crippen molar-refractivity contribution in [3.8, 4) is 0 Å². The van der Waals surface area contributed by atoms with E-state index in [1.807, 2.05) is 20.8 Å². The van der Waals surface area contributed by atoms with Gasteiger partial charge in [-0.25, -0.2) is 0 Å². The first-order valence-electron chi connectivity index (χ1n) is 8.56. The maximum absolute atomic E-state index is 13.8. The molecule has 2 rings (SSSR count). The number of aliphatic hydroxyl groups is 1. The van der Waals surface area contributed by atoms with Crippen molar-refractivity contribution in [2.75, 3.05) is 0 Å². The van der Waals surface area contributed by atoms with E-state index in [1.54, 1.807) is 0 Å². The molecule has 24 heavy (non-hydrogen) atoms. The van der Waals surface area contributed by atoms with Gasteiger partial charge in [0.25, 0.3) is 5.72 Å². The van der Waals surface area contributed by atoms with E-state index in [9.17, 15) is 23.1 Å². The molecule has 7 heteroatoms. The van der Waals surface area contributed by atoms with Crippen LogP contribution in [0.15, 0.2) is 5.10 Å². The molecule has 1 aliphatic carbocycles. The van der Waals surface area contributed by atoms with Gasteiger partial charge in [-0.3, -0.25) is 4.79 Å². The molecule has 0 aromatic carbocycles. The standard InChI is InChI=1S/C17H27F3N2O2/c1-6-15(4,5)11-7-8-13-12(9-11)16(24,17(18,19)20)22(21-13)14(23)10(2)3/h10-12,24H,6-9H2,1-5H3/t11-,12-,16-/m1/s1. The molecule has 1 aliphatic heterocycles. The minimum atomic E-state index is -4.95. The summed E-state index contributed by atoms with van der Waals surface area (Å²) in [5.74, 6) is -2.60. The summed E-state index contributed by atoms with van der Waals surface area (Å²) in [6.07, 6.45) is -2.80. The third-order valence-corrected chi connectivity index (χ3v) is 5.84. The highest BCUT2D eigenvalue weighted by atomic mass is 19.4. The Kier molecular flexibility index (Phi) is 4.81. The first-order valence-corrected chi connectivity index (χ1v) is 8.56.